The summed E-state index contributed by atoms with van der Waals surface area (Å²) in [4.78, 5) is 17.5. The second-order valence-corrected chi connectivity index (χ2v) is 8.80. The van der Waals surface area contributed by atoms with Crippen LogP contribution in [0.2, 0.25) is 0 Å². The van der Waals surface area contributed by atoms with E-state index in [-0.39, 0.29) is 17.4 Å². The van der Waals surface area contributed by atoms with E-state index < -0.39 is 0 Å². The maximum absolute atomic E-state index is 13.7. The van der Waals surface area contributed by atoms with E-state index in [1.165, 1.54) is 24.8 Å². The lowest BCUT2D eigenvalue weighted by molar-refractivity contribution is 0.00595. The molecule has 1 spiro atoms. The number of nitrogens with zero attached hydrogens (tertiary/aromatic N) is 2. The number of carbonyl (C=O) groups excluding carboxylic acids is 1. The van der Waals surface area contributed by atoms with Crippen LogP contribution in [0.5, 0.6) is 5.75 Å². The Kier molecular flexibility index (Phi) is 5.75. The molecule has 3 saturated heterocycles. The molecular formula is C24H29FN4O3. The highest BCUT2D eigenvalue weighted by molar-refractivity contribution is 5.95. The van der Waals surface area contributed by atoms with Gasteiger partial charge in [-0.15, -0.1) is 0 Å². The van der Waals surface area contributed by atoms with Crippen molar-refractivity contribution in [2.75, 3.05) is 44.9 Å². The fraction of sp³-hybridized carbons (Fsp3) is 0.458. The molecular weight excluding hydrogens is 411 g/mol. The van der Waals surface area contributed by atoms with Crippen molar-refractivity contribution in [1.82, 2.24) is 15.8 Å². The third-order valence-corrected chi connectivity index (χ3v) is 6.99. The number of urea groups is 1. The van der Waals surface area contributed by atoms with Crippen molar-refractivity contribution in [2.45, 2.75) is 30.8 Å². The van der Waals surface area contributed by atoms with Gasteiger partial charge < -0.3 is 14.4 Å². The van der Waals surface area contributed by atoms with Crippen molar-refractivity contribution in [3.63, 3.8) is 0 Å². The van der Waals surface area contributed by atoms with Gasteiger partial charge in [0.25, 0.3) is 0 Å². The summed E-state index contributed by atoms with van der Waals surface area (Å²) in [7, 11) is 1.53. The average Bonchev–Trinajstić information content (AvgIpc) is 3.44. The van der Waals surface area contributed by atoms with Crippen LogP contribution in [0.1, 0.15) is 29.9 Å². The molecule has 2 aromatic rings. The van der Waals surface area contributed by atoms with E-state index >= 15 is 0 Å². The van der Waals surface area contributed by atoms with E-state index in [0.29, 0.717) is 38.0 Å². The number of rotatable bonds is 5. The van der Waals surface area contributed by atoms with Crippen molar-refractivity contribution in [1.29, 1.82) is 0 Å². The number of nitrogens with one attached hydrogen (secondary N) is 2. The van der Waals surface area contributed by atoms with Crippen molar-refractivity contribution in [2.24, 2.45) is 0 Å². The van der Waals surface area contributed by atoms with Crippen LogP contribution in [0.25, 0.3) is 0 Å². The summed E-state index contributed by atoms with van der Waals surface area (Å²) in [5.74, 6) is 0.540. The Morgan fingerprint density at radius 2 is 1.84 bits per heavy atom. The van der Waals surface area contributed by atoms with Gasteiger partial charge >= 0.3 is 6.03 Å². The molecule has 170 valence electrons. The Labute approximate surface area is 187 Å². The van der Waals surface area contributed by atoms with Crippen LogP contribution in [-0.2, 0) is 11.3 Å². The molecule has 0 radical (unpaired) electrons. The van der Waals surface area contributed by atoms with Gasteiger partial charge in [-0.3, -0.25) is 15.8 Å². The normalized spacial score (nSPS) is 21.0. The van der Waals surface area contributed by atoms with Gasteiger partial charge in [0.1, 0.15) is 11.6 Å². The lowest BCUT2D eigenvalue weighted by Gasteiger charge is -2.40. The maximum Gasteiger partial charge on any atom is 0.325 e. The van der Waals surface area contributed by atoms with Crippen molar-refractivity contribution in [3.8, 4) is 5.75 Å². The molecule has 3 heterocycles. The highest BCUT2D eigenvalue weighted by Crippen LogP contribution is 2.40. The highest BCUT2D eigenvalue weighted by atomic mass is 19.1. The van der Waals surface area contributed by atoms with Crippen LogP contribution in [0.15, 0.2) is 42.5 Å². The number of hydrogen-bond donors (Lipinski definition) is 2. The third kappa shape index (κ3) is 3.83. The number of hydrogen-bond acceptors (Lipinski definition) is 5. The minimum atomic E-state index is -0.353. The number of carbonyl (C=O) groups is 1. The van der Waals surface area contributed by atoms with Crippen molar-refractivity contribution < 1.29 is 18.7 Å². The monoisotopic (exact) mass is 440 g/mol. The van der Waals surface area contributed by atoms with Gasteiger partial charge in [-0.2, -0.15) is 0 Å². The van der Waals surface area contributed by atoms with Gasteiger partial charge in [-0.25, -0.2) is 9.18 Å². The molecule has 0 saturated carbocycles. The summed E-state index contributed by atoms with van der Waals surface area (Å²) in [5.41, 5.74) is 8.96. The van der Waals surface area contributed by atoms with Gasteiger partial charge in [0.2, 0.25) is 0 Å². The molecule has 8 heteroatoms. The molecule has 0 atom stereocenters. The molecule has 0 bridgehead atoms. The zero-order valence-corrected chi connectivity index (χ0v) is 18.3. The Morgan fingerprint density at radius 3 is 2.53 bits per heavy atom. The topological polar surface area (TPSA) is 66.1 Å². The Bertz CT molecular complexity index is 972. The Hall–Kier alpha value is -2.68. The molecule has 0 aromatic heterocycles. The fourth-order valence-electron chi connectivity index (χ4n) is 5.06. The third-order valence-electron chi connectivity index (χ3n) is 6.99. The minimum Gasteiger partial charge on any atom is -0.496 e. The maximum atomic E-state index is 13.7. The predicted octanol–water partition coefficient (Wildman–Crippen LogP) is 3.02. The number of benzene rings is 2. The lowest BCUT2D eigenvalue weighted by Crippen LogP contribution is -2.50. The van der Waals surface area contributed by atoms with Gasteiger partial charge in [-0.1, -0.05) is 18.2 Å². The molecule has 32 heavy (non-hydrogen) atoms. The number of halogens is 1. The van der Waals surface area contributed by atoms with Crippen molar-refractivity contribution in [3.05, 3.63) is 59.4 Å². The van der Waals surface area contributed by atoms with E-state index in [2.05, 4.69) is 23.0 Å². The molecule has 3 fully saturated rings. The quantitative estimate of drug-likeness (QED) is 0.748. The highest BCUT2D eigenvalue weighted by Gasteiger charge is 2.50. The Balaban J connectivity index is 1.43. The largest absolute Gasteiger partial charge is 0.496 e. The van der Waals surface area contributed by atoms with E-state index in [9.17, 15) is 9.18 Å². The minimum absolute atomic E-state index is 0.0322. The van der Waals surface area contributed by atoms with Gasteiger partial charge in [-0.05, 0) is 36.6 Å². The number of hydrazine groups is 1. The average molecular weight is 441 g/mol. The summed E-state index contributed by atoms with van der Waals surface area (Å²) in [6, 6.07) is 12.8. The molecule has 3 aliphatic heterocycles. The first-order valence-electron chi connectivity index (χ1n) is 11.1. The first-order chi connectivity index (χ1) is 15.6. The van der Waals surface area contributed by atoms with Crippen LogP contribution in [-0.4, -0.2) is 56.4 Å². The van der Waals surface area contributed by atoms with Gasteiger partial charge in [0, 0.05) is 49.5 Å². The second-order valence-electron chi connectivity index (χ2n) is 8.80. The van der Waals surface area contributed by atoms with Crippen LogP contribution >= 0.6 is 0 Å². The van der Waals surface area contributed by atoms with E-state index in [1.807, 2.05) is 21.9 Å². The standard InChI is InChI=1S/C24H29FN4O3/c1-31-22-12-20(25)5-2-18(22)15-29-23(30)28(16-24(29)8-10-32-11-9-24)21-6-3-17(4-7-21)19-13-26-27-14-19/h2-7,12,19,26-27H,8-11,13-16H2,1H3. The van der Waals surface area contributed by atoms with Crippen LogP contribution < -0.4 is 20.5 Å². The second kappa shape index (κ2) is 8.69. The summed E-state index contributed by atoms with van der Waals surface area (Å²) >= 11 is 0. The molecule has 5 rings (SSSR count). The zero-order valence-electron chi connectivity index (χ0n) is 18.3. The van der Waals surface area contributed by atoms with E-state index in [1.54, 1.807) is 6.07 Å². The van der Waals surface area contributed by atoms with Crippen LogP contribution in [0.4, 0.5) is 14.9 Å². The van der Waals surface area contributed by atoms with Crippen molar-refractivity contribution >= 4 is 11.7 Å². The lowest BCUT2D eigenvalue weighted by atomic mass is 9.88. The first kappa shape index (κ1) is 21.2. The molecule has 7 nitrogen and oxygen atoms in total. The van der Waals surface area contributed by atoms with Gasteiger partial charge in [0.05, 0.1) is 25.7 Å². The summed E-state index contributed by atoms with van der Waals surface area (Å²) in [5, 5.41) is 0. The zero-order chi connectivity index (χ0) is 22.1. The molecule has 0 unspecified atom stereocenters. The predicted molar refractivity (Wildman–Crippen MR) is 119 cm³/mol. The molecule has 2 N–H and O–H groups in total. The summed E-state index contributed by atoms with van der Waals surface area (Å²) in [6.07, 6.45) is 1.55. The SMILES string of the molecule is COc1cc(F)ccc1CN1C(=O)N(c2ccc(C3CNNC3)cc2)CC12CCOCC2. The van der Waals surface area contributed by atoms with E-state index in [0.717, 1.165) is 37.2 Å². The summed E-state index contributed by atoms with van der Waals surface area (Å²) < 4.78 is 24.7. The van der Waals surface area contributed by atoms with Crippen LogP contribution in [0.3, 0.4) is 0 Å². The molecule has 0 aliphatic carbocycles. The molecule has 2 aromatic carbocycles. The van der Waals surface area contributed by atoms with Crippen LogP contribution in [0, 0.1) is 5.82 Å². The molecule has 2 amide bonds. The first-order valence-corrected chi connectivity index (χ1v) is 11.1. The fourth-order valence-corrected chi connectivity index (χ4v) is 5.06. The smallest absolute Gasteiger partial charge is 0.325 e. The number of amides is 2. The molecule has 3 aliphatic rings. The van der Waals surface area contributed by atoms with Gasteiger partial charge in [0.15, 0.2) is 0 Å². The summed E-state index contributed by atoms with van der Waals surface area (Å²) in [6.45, 7) is 4.04. The number of ether oxygens (including phenoxy) is 2. The number of methoxy groups -OCH3 is 1. The van der Waals surface area contributed by atoms with E-state index in [4.69, 9.17) is 9.47 Å². The Morgan fingerprint density at radius 1 is 1.12 bits per heavy atom. The number of anilines is 1.